The Labute approximate surface area is 102 Å². The summed E-state index contributed by atoms with van der Waals surface area (Å²) < 4.78 is 1.83. The molecule has 1 aromatic heterocycles. The lowest BCUT2D eigenvalue weighted by Gasteiger charge is -2.16. The Morgan fingerprint density at radius 2 is 2.06 bits per heavy atom. The Morgan fingerprint density at radius 3 is 2.47 bits per heavy atom. The number of hydrogen-bond donors (Lipinski definition) is 1. The SMILES string of the molecule is CC(C)C(=O)NC1(c2cn(C(C)C)nn2)CC1. The standard InChI is InChI=1S/C12H20N4O/c1-8(2)11(17)13-12(5-6-12)10-7-16(9(3)4)15-14-10/h7-9H,5-6H2,1-4H3,(H,13,17). The molecule has 1 amide bonds. The van der Waals surface area contributed by atoms with Gasteiger partial charge in [0.05, 0.1) is 11.7 Å². The summed E-state index contributed by atoms with van der Waals surface area (Å²) in [5.74, 6) is 0.0919. The van der Waals surface area contributed by atoms with E-state index in [1.807, 2.05) is 24.7 Å². The Balaban J connectivity index is 2.12. The predicted octanol–water partition coefficient (Wildman–Crippen LogP) is 1.62. The Bertz CT molecular complexity index is 418. The second kappa shape index (κ2) is 4.13. The lowest BCUT2D eigenvalue weighted by atomic mass is 10.1. The zero-order valence-corrected chi connectivity index (χ0v) is 10.9. The van der Waals surface area contributed by atoms with Crippen LogP contribution in [0.1, 0.15) is 52.3 Å². The van der Waals surface area contributed by atoms with Gasteiger partial charge in [-0.1, -0.05) is 19.1 Å². The zero-order valence-electron chi connectivity index (χ0n) is 10.9. The number of carbonyl (C=O) groups is 1. The molecule has 1 saturated carbocycles. The molecule has 94 valence electrons. The molecule has 0 atom stereocenters. The lowest BCUT2D eigenvalue weighted by Crippen LogP contribution is -2.37. The number of nitrogens with zero attached hydrogens (tertiary/aromatic N) is 3. The average molecular weight is 236 g/mol. The summed E-state index contributed by atoms with van der Waals surface area (Å²) in [5, 5.41) is 11.4. The van der Waals surface area contributed by atoms with Gasteiger partial charge in [0, 0.05) is 12.0 Å². The van der Waals surface area contributed by atoms with Crippen molar-refractivity contribution < 1.29 is 4.79 Å². The predicted molar refractivity (Wildman–Crippen MR) is 64.3 cm³/mol. The van der Waals surface area contributed by atoms with Crippen LogP contribution >= 0.6 is 0 Å². The summed E-state index contributed by atoms with van der Waals surface area (Å²) in [6, 6.07) is 0.299. The van der Waals surface area contributed by atoms with E-state index < -0.39 is 0 Å². The van der Waals surface area contributed by atoms with E-state index in [9.17, 15) is 4.79 Å². The highest BCUT2D eigenvalue weighted by Crippen LogP contribution is 2.44. The quantitative estimate of drug-likeness (QED) is 0.864. The molecule has 0 unspecified atom stereocenters. The van der Waals surface area contributed by atoms with Crippen molar-refractivity contribution in [2.75, 3.05) is 0 Å². The van der Waals surface area contributed by atoms with E-state index in [1.54, 1.807) is 0 Å². The second-order valence-corrected chi connectivity index (χ2v) is 5.40. The van der Waals surface area contributed by atoms with Gasteiger partial charge in [-0.05, 0) is 26.7 Å². The first-order chi connectivity index (χ1) is 7.94. The molecule has 0 radical (unpaired) electrons. The van der Waals surface area contributed by atoms with Gasteiger partial charge in [0.15, 0.2) is 0 Å². The van der Waals surface area contributed by atoms with Crippen LogP contribution in [0.15, 0.2) is 6.20 Å². The van der Waals surface area contributed by atoms with E-state index in [-0.39, 0.29) is 17.4 Å². The van der Waals surface area contributed by atoms with E-state index >= 15 is 0 Å². The van der Waals surface area contributed by atoms with Crippen molar-refractivity contribution in [1.29, 1.82) is 0 Å². The molecule has 17 heavy (non-hydrogen) atoms. The molecule has 2 rings (SSSR count). The molecule has 0 spiro atoms. The van der Waals surface area contributed by atoms with Gasteiger partial charge >= 0.3 is 0 Å². The third-order valence-corrected chi connectivity index (χ3v) is 3.17. The first-order valence-corrected chi connectivity index (χ1v) is 6.19. The maximum atomic E-state index is 11.7. The summed E-state index contributed by atoms with van der Waals surface area (Å²) in [7, 11) is 0. The Hall–Kier alpha value is -1.39. The van der Waals surface area contributed by atoms with Crippen LogP contribution in [0.4, 0.5) is 0 Å². The van der Waals surface area contributed by atoms with Gasteiger partial charge in [-0.3, -0.25) is 4.79 Å². The molecule has 5 heteroatoms. The van der Waals surface area contributed by atoms with Crippen LogP contribution in [0.3, 0.4) is 0 Å². The fourth-order valence-corrected chi connectivity index (χ4v) is 1.70. The molecule has 0 bridgehead atoms. The van der Waals surface area contributed by atoms with Crippen molar-refractivity contribution in [3.8, 4) is 0 Å². The number of hydrogen-bond acceptors (Lipinski definition) is 3. The molecule has 0 saturated heterocycles. The first kappa shape index (κ1) is 12.1. The molecule has 0 aliphatic heterocycles. The van der Waals surface area contributed by atoms with Crippen molar-refractivity contribution in [2.45, 2.75) is 52.1 Å². The Morgan fingerprint density at radius 1 is 1.41 bits per heavy atom. The van der Waals surface area contributed by atoms with Crippen molar-refractivity contribution in [2.24, 2.45) is 5.92 Å². The van der Waals surface area contributed by atoms with Gasteiger partial charge in [0.2, 0.25) is 5.91 Å². The van der Waals surface area contributed by atoms with Crippen LogP contribution in [0.5, 0.6) is 0 Å². The molecule has 1 aliphatic carbocycles. The maximum absolute atomic E-state index is 11.7. The summed E-state index contributed by atoms with van der Waals surface area (Å²) >= 11 is 0. The van der Waals surface area contributed by atoms with Gasteiger partial charge in [0.1, 0.15) is 5.69 Å². The molecular weight excluding hydrogens is 216 g/mol. The summed E-state index contributed by atoms with van der Waals surface area (Å²) in [4.78, 5) is 11.7. The molecular formula is C12H20N4O. The number of nitrogens with one attached hydrogen (secondary N) is 1. The number of amides is 1. The normalized spacial score (nSPS) is 17.5. The highest BCUT2D eigenvalue weighted by molar-refractivity contribution is 5.79. The van der Waals surface area contributed by atoms with Crippen LogP contribution in [-0.2, 0) is 10.3 Å². The smallest absolute Gasteiger partial charge is 0.223 e. The number of rotatable bonds is 4. The number of carbonyl (C=O) groups excluding carboxylic acids is 1. The summed E-state index contributed by atoms with van der Waals surface area (Å²) in [6.45, 7) is 7.92. The minimum Gasteiger partial charge on any atom is -0.345 e. The fraction of sp³-hybridized carbons (Fsp3) is 0.750. The fourth-order valence-electron chi connectivity index (χ4n) is 1.70. The topological polar surface area (TPSA) is 59.8 Å². The lowest BCUT2D eigenvalue weighted by molar-refractivity contribution is -0.125. The molecule has 1 heterocycles. The summed E-state index contributed by atoms with van der Waals surface area (Å²) in [5.41, 5.74) is 0.648. The van der Waals surface area contributed by atoms with Crippen molar-refractivity contribution >= 4 is 5.91 Å². The molecule has 0 aromatic carbocycles. The summed E-state index contributed by atoms with van der Waals surface area (Å²) in [6.07, 6.45) is 3.86. The van der Waals surface area contributed by atoms with E-state index in [2.05, 4.69) is 29.5 Å². The average Bonchev–Trinajstić information content (AvgIpc) is 2.85. The Kier molecular flexibility index (Phi) is 2.93. The van der Waals surface area contributed by atoms with E-state index in [1.165, 1.54) is 0 Å². The van der Waals surface area contributed by atoms with E-state index in [0.29, 0.717) is 6.04 Å². The largest absolute Gasteiger partial charge is 0.345 e. The molecule has 1 N–H and O–H groups in total. The van der Waals surface area contributed by atoms with Gasteiger partial charge in [-0.25, -0.2) is 4.68 Å². The molecule has 5 nitrogen and oxygen atoms in total. The molecule has 1 aliphatic rings. The third-order valence-electron chi connectivity index (χ3n) is 3.17. The van der Waals surface area contributed by atoms with E-state index in [0.717, 1.165) is 18.5 Å². The van der Waals surface area contributed by atoms with Gasteiger partial charge in [0.25, 0.3) is 0 Å². The minimum absolute atomic E-state index is 0.00705. The van der Waals surface area contributed by atoms with Crippen molar-refractivity contribution in [3.63, 3.8) is 0 Å². The first-order valence-electron chi connectivity index (χ1n) is 6.19. The van der Waals surface area contributed by atoms with Gasteiger partial charge < -0.3 is 5.32 Å². The van der Waals surface area contributed by atoms with E-state index in [4.69, 9.17) is 0 Å². The van der Waals surface area contributed by atoms with Gasteiger partial charge in [-0.2, -0.15) is 0 Å². The molecule has 1 aromatic rings. The van der Waals surface area contributed by atoms with Crippen LogP contribution < -0.4 is 5.32 Å². The monoisotopic (exact) mass is 236 g/mol. The van der Waals surface area contributed by atoms with Gasteiger partial charge in [-0.15, -0.1) is 5.10 Å². The van der Waals surface area contributed by atoms with Crippen LogP contribution in [0.2, 0.25) is 0 Å². The van der Waals surface area contributed by atoms with Crippen LogP contribution in [0, 0.1) is 5.92 Å². The maximum Gasteiger partial charge on any atom is 0.223 e. The zero-order chi connectivity index (χ0) is 12.6. The van der Waals surface area contributed by atoms with Crippen LogP contribution in [0.25, 0.3) is 0 Å². The number of aromatic nitrogens is 3. The van der Waals surface area contributed by atoms with Crippen molar-refractivity contribution in [1.82, 2.24) is 20.3 Å². The highest BCUT2D eigenvalue weighted by Gasteiger charge is 2.48. The van der Waals surface area contributed by atoms with Crippen LogP contribution in [-0.4, -0.2) is 20.9 Å². The van der Waals surface area contributed by atoms with Crippen molar-refractivity contribution in [3.05, 3.63) is 11.9 Å². The third kappa shape index (κ3) is 2.33. The highest BCUT2D eigenvalue weighted by atomic mass is 16.2. The second-order valence-electron chi connectivity index (χ2n) is 5.40. The minimum atomic E-state index is -0.242. The molecule has 1 fully saturated rings.